The number of carbonyl (C=O) groups is 2. The SMILES string of the molecule is C=C(C)c1cc(NC(=O)NC2CCCC2)ccc1Nc1nc(N(C)C2CCN(C)CC2)ncc1C(C)=O. The normalized spacial score (nSPS) is 16.9. The van der Waals surface area contributed by atoms with Crippen molar-refractivity contribution in [1.82, 2.24) is 20.2 Å². The fourth-order valence-electron chi connectivity index (χ4n) is 5.08. The van der Waals surface area contributed by atoms with Crippen molar-refractivity contribution in [3.63, 3.8) is 0 Å². The maximum atomic E-state index is 12.5. The quantitative estimate of drug-likeness (QED) is 0.432. The van der Waals surface area contributed by atoms with Gasteiger partial charge in [0, 0.05) is 42.3 Å². The third-order valence-electron chi connectivity index (χ3n) is 7.39. The summed E-state index contributed by atoms with van der Waals surface area (Å²) in [6, 6.07) is 5.99. The van der Waals surface area contributed by atoms with Crippen molar-refractivity contribution in [3.05, 3.63) is 42.1 Å². The van der Waals surface area contributed by atoms with E-state index in [0.29, 0.717) is 29.1 Å². The summed E-state index contributed by atoms with van der Waals surface area (Å²) in [4.78, 5) is 38.6. The average molecular weight is 506 g/mol. The van der Waals surface area contributed by atoms with Crippen LogP contribution in [0.2, 0.25) is 0 Å². The third-order valence-corrected chi connectivity index (χ3v) is 7.39. The van der Waals surface area contributed by atoms with Crippen LogP contribution in [-0.4, -0.2) is 66.0 Å². The average Bonchev–Trinajstić information content (AvgIpc) is 3.37. The number of aromatic nitrogens is 2. The zero-order valence-corrected chi connectivity index (χ0v) is 22.4. The maximum absolute atomic E-state index is 12.5. The standard InChI is InChI=1S/C28H39N7O2/c1-18(2)23-16-21(31-28(37)30-20-8-6-7-9-20)10-11-25(23)32-26-24(19(3)36)17-29-27(33-26)35(5)22-12-14-34(4)15-13-22/h10-11,16-17,20,22H,1,6-9,12-15H2,2-5H3,(H,29,32,33)(H2,30,31,37). The van der Waals surface area contributed by atoms with Gasteiger partial charge in [-0.15, -0.1) is 0 Å². The Bertz CT molecular complexity index is 1150. The van der Waals surface area contributed by atoms with Gasteiger partial charge >= 0.3 is 6.03 Å². The van der Waals surface area contributed by atoms with E-state index in [9.17, 15) is 9.59 Å². The molecule has 1 aromatic heterocycles. The number of Topliss-reactive ketones (excluding diaryl/α,β-unsaturated/α-hetero) is 1. The van der Waals surface area contributed by atoms with Crippen LogP contribution >= 0.6 is 0 Å². The Morgan fingerprint density at radius 2 is 1.78 bits per heavy atom. The van der Waals surface area contributed by atoms with Gasteiger partial charge in [0.25, 0.3) is 0 Å². The number of carbonyl (C=O) groups excluding carboxylic acids is 2. The summed E-state index contributed by atoms with van der Waals surface area (Å²) in [5.74, 6) is 0.926. The largest absolute Gasteiger partial charge is 0.341 e. The minimum absolute atomic E-state index is 0.116. The van der Waals surface area contributed by atoms with Gasteiger partial charge in [0.2, 0.25) is 5.95 Å². The van der Waals surface area contributed by atoms with E-state index in [-0.39, 0.29) is 17.9 Å². The fraction of sp³-hybridized carbons (Fsp3) is 0.500. The second-order valence-electron chi connectivity index (χ2n) is 10.4. The number of hydrogen-bond acceptors (Lipinski definition) is 7. The number of likely N-dealkylation sites (tertiary alicyclic amines) is 1. The van der Waals surface area contributed by atoms with Gasteiger partial charge in [-0.1, -0.05) is 19.4 Å². The molecule has 0 radical (unpaired) electrons. The smallest absolute Gasteiger partial charge is 0.319 e. The van der Waals surface area contributed by atoms with Gasteiger partial charge in [0.15, 0.2) is 5.78 Å². The van der Waals surface area contributed by atoms with Gasteiger partial charge < -0.3 is 25.8 Å². The van der Waals surface area contributed by atoms with Crippen LogP contribution in [0.3, 0.4) is 0 Å². The van der Waals surface area contributed by atoms with Gasteiger partial charge in [-0.25, -0.2) is 9.78 Å². The van der Waals surface area contributed by atoms with Crippen molar-refractivity contribution in [2.45, 2.75) is 64.5 Å². The Hall–Kier alpha value is -3.46. The highest BCUT2D eigenvalue weighted by molar-refractivity contribution is 5.99. The molecule has 2 fully saturated rings. The molecule has 4 rings (SSSR count). The Balaban J connectivity index is 1.55. The first-order valence-corrected chi connectivity index (χ1v) is 13.1. The first-order valence-electron chi connectivity index (χ1n) is 13.1. The van der Waals surface area contributed by atoms with E-state index in [1.165, 1.54) is 6.92 Å². The number of nitrogens with zero attached hydrogens (tertiary/aromatic N) is 4. The lowest BCUT2D eigenvalue weighted by Crippen LogP contribution is -2.42. The minimum atomic E-state index is -0.198. The number of urea groups is 1. The second kappa shape index (κ2) is 11.7. The van der Waals surface area contributed by atoms with Crippen molar-refractivity contribution in [2.24, 2.45) is 0 Å². The van der Waals surface area contributed by atoms with Crippen LogP contribution in [0.25, 0.3) is 5.57 Å². The Kier molecular flexibility index (Phi) is 8.43. The van der Waals surface area contributed by atoms with E-state index >= 15 is 0 Å². The highest BCUT2D eigenvalue weighted by atomic mass is 16.2. The summed E-state index contributed by atoms with van der Waals surface area (Å²) in [6.07, 6.45) is 8.05. The molecule has 37 heavy (non-hydrogen) atoms. The highest BCUT2D eigenvalue weighted by Crippen LogP contribution is 2.31. The van der Waals surface area contributed by atoms with E-state index in [1.54, 1.807) is 6.20 Å². The molecule has 198 valence electrons. The molecule has 9 heteroatoms. The number of nitrogens with one attached hydrogen (secondary N) is 3. The Morgan fingerprint density at radius 1 is 1.08 bits per heavy atom. The summed E-state index contributed by atoms with van der Waals surface area (Å²) in [5.41, 5.74) is 3.51. The first kappa shape index (κ1) is 26.6. The Morgan fingerprint density at radius 3 is 2.43 bits per heavy atom. The van der Waals surface area contributed by atoms with Crippen molar-refractivity contribution in [2.75, 3.05) is 42.7 Å². The monoisotopic (exact) mass is 505 g/mol. The molecule has 0 bridgehead atoms. The summed E-state index contributed by atoms with van der Waals surface area (Å²) in [7, 11) is 4.15. The highest BCUT2D eigenvalue weighted by Gasteiger charge is 2.24. The molecule has 2 amide bonds. The second-order valence-corrected chi connectivity index (χ2v) is 10.4. The molecule has 0 spiro atoms. The van der Waals surface area contributed by atoms with Crippen molar-refractivity contribution in [1.29, 1.82) is 0 Å². The van der Waals surface area contributed by atoms with Crippen LogP contribution in [0.15, 0.2) is 31.0 Å². The molecule has 1 saturated carbocycles. The van der Waals surface area contributed by atoms with Crippen LogP contribution in [-0.2, 0) is 0 Å². The van der Waals surface area contributed by atoms with E-state index < -0.39 is 0 Å². The number of anilines is 4. The van der Waals surface area contributed by atoms with E-state index in [1.807, 2.05) is 32.2 Å². The number of rotatable bonds is 8. The first-order chi connectivity index (χ1) is 17.7. The van der Waals surface area contributed by atoms with E-state index in [2.05, 4.69) is 44.4 Å². The lowest BCUT2D eigenvalue weighted by atomic mass is 10.0. The number of piperidine rings is 1. The molecular formula is C28H39N7O2. The Labute approximate surface area is 219 Å². The lowest BCUT2D eigenvalue weighted by Gasteiger charge is -2.35. The number of amides is 2. The van der Waals surface area contributed by atoms with E-state index in [0.717, 1.165) is 68.4 Å². The lowest BCUT2D eigenvalue weighted by molar-refractivity contribution is 0.101. The number of hydrogen-bond donors (Lipinski definition) is 3. The molecule has 0 unspecified atom stereocenters. The van der Waals surface area contributed by atoms with Gasteiger partial charge in [0.1, 0.15) is 5.82 Å². The zero-order chi connectivity index (χ0) is 26.5. The van der Waals surface area contributed by atoms with Gasteiger partial charge in [-0.05, 0) is 83.4 Å². The minimum Gasteiger partial charge on any atom is -0.341 e. The molecule has 3 N–H and O–H groups in total. The number of benzene rings is 1. The van der Waals surface area contributed by atoms with Crippen molar-refractivity contribution < 1.29 is 9.59 Å². The topological polar surface area (TPSA) is 102 Å². The predicted octanol–water partition coefficient (Wildman–Crippen LogP) is 5.05. The van der Waals surface area contributed by atoms with Crippen LogP contribution in [0.4, 0.5) is 27.9 Å². The maximum Gasteiger partial charge on any atom is 0.319 e. The summed E-state index contributed by atoms with van der Waals surface area (Å²) in [6.45, 7) is 9.61. The van der Waals surface area contributed by atoms with Crippen LogP contribution < -0.4 is 20.9 Å². The molecule has 2 aliphatic rings. The summed E-state index contributed by atoms with van der Waals surface area (Å²) in [5, 5.41) is 9.34. The molecule has 0 atom stereocenters. The summed E-state index contributed by atoms with van der Waals surface area (Å²) < 4.78 is 0. The van der Waals surface area contributed by atoms with Crippen LogP contribution in [0.5, 0.6) is 0 Å². The van der Waals surface area contributed by atoms with Crippen molar-refractivity contribution >= 4 is 40.5 Å². The molecule has 1 aromatic carbocycles. The van der Waals surface area contributed by atoms with Crippen LogP contribution in [0.1, 0.15) is 68.3 Å². The molecule has 1 aliphatic heterocycles. The van der Waals surface area contributed by atoms with Gasteiger partial charge in [-0.2, -0.15) is 4.98 Å². The molecule has 1 aliphatic carbocycles. The van der Waals surface area contributed by atoms with Crippen molar-refractivity contribution in [3.8, 4) is 0 Å². The summed E-state index contributed by atoms with van der Waals surface area (Å²) >= 11 is 0. The fourth-order valence-corrected chi connectivity index (χ4v) is 5.08. The van der Waals surface area contributed by atoms with Gasteiger partial charge in [-0.3, -0.25) is 4.79 Å². The number of allylic oxidation sites excluding steroid dienone is 1. The molecule has 9 nitrogen and oxygen atoms in total. The third kappa shape index (κ3) is 6.65. The van der Waals surface area contributed by atoms with Gasteiger partial charge in [0.05, 0.1) is 5.56 Å². The molecule has 2 aromatic rings. The van der Waals surface area contributed by atoms with E-state index in [4.69, 9.17) is 4.98 Å². The molecule has 1 saturated heterocycles. The number of ketones is 1. The zero-order valence-electron chi connectivity index (χ0n) is 22.4. The molecular weight excluding hydrogens is 466 g/mol. The molecule has 2 heterocycles. The van der Waals surface area contributed by atoms with Crippen LogP contribution in [0, 0.1) is 0 Å². The predicted molar refractivity (Wildman–Crippen MR) is 150 cm³/mol.